The lowest BCUT2D eigenvalue weighted by molar-refractivity contribution is -0.134. The molecule has 3 atom stereocenters. The van der Waals surface area contributed by atoms with Crippen molar-refractivity contribution in [3.05, 3.63) is 0 Å². The molecule has 1 saturated carbocycles. The molecule has 0 bridgehead atoms. The van der Waals surface area contributed by atoms with Crippen LogP contribution in [0.2, 0.25) is 0 Å². The Morgan fingerprint density at radius 2 is 2.00 bits per heavy atom. The van der Waals surface area contributed by atoms with Gasteiger partial charge in [0.2, 0.25) is 5.91 Å². The molecule has 2 rings (SSSR count). The zero-order chi connectivity index (χ0) is 14.7. The Hall–Kier alpha value is -0.570. The summed E-state index contributed by atoms with van der Waals surface area (Å²) >= 11 is 0. The van der Waals surface area contributed by atoms with E-state index in [2.05, 4.69) is 37.9 Å². The predicted octanol–water partition coefficient (Wildman–Crippen LogP) is 3.54. The van der Waals surface area contributed by atoms with Gasteiger partial charge in [0.1, 0.15) is 0 Å². The van der Waals surface area contributed by atoms with Crippen molar-refractivity contribution in [2.75, 3.05) is 0 Å². The van der Waals surface area contributed by atoms with Gasteiger partial charge < -0.3 is 4.90 Å². The highest BCUT2D eigenvalue weighted by molar-refractivity contribution is 5.84. The Morgan fingerprint density at radius 1 is 1.30 bits per heavy atom. The molecule has 1 heterocycles. The molecule has 2 fully saturated rings. The van der Waals surface area contributed by atoms with Gasteiger partial charge in [0.15, 0.2) is 0 Å². The number of amides is 1. The molecule has 0 aromatic heterocycles. The minimum absolute atomic E-state index is 0.0706. The first kappa shape index (κ1) is 15.8. The van der Waals surface area contributed by atoms with Crippen molar-refractivity contribution >= 4 is 5.91 Å². The lowest BCUT2D eigenvalue weighted by Gasteiger charge is -2.40. The summed E-state index contributed by atoms with van der Waals surface area (Å²) in [5, 5.41) is 3.62. The Bertz CT molecular complexity index is 325. The van der Waals surface area contributed by atoms with E-state index in [1.165, 1.54) is 25.7 Å². The molecule has 2 aliphatic rings. The van der Waals surface area contributed by atoms with Crippen molar-refractivity contribution in [2.45, 2.75) is 90.9 Å². The number of rotatable bonds is 7. The van der Waals surface area contributed by atoms with E-state index in [9.17, 15) is 4.79 Å². The molecule has 0 aromatic rings. The zero-order valence-electron chi connectivity index (χ0n) is 13.7. The summed E-state index contributed by atoms with van der Waals surface area (Å²) in [4.78, 5) is 15.0. The number of nitrogens with zero attached hydrogens (tertiary/aromatic N) is 1. The van der Waals surface area contributed by atoms with Gasteiger partial charge >= 0.3 is 0 Å². The highest BCUT2D eigenvalue weighted by Gasteiger charge is 2.43. The minimum atomic E-state index is 0.0706. The summed E-state index contributed by atoms with van der Waals surface area (Å²) in [6.07, 6.45) is 8.60. The quantitative estimate of drug-likeness (QED) is 0.773. The van der Waals surface area contributed by atoms with E-state index in [1.807, 2.05) is 0 Å². The standard InChI is InChI=1S/C17H32N2O/c1-5-6-10-15-17(20)19(13(4)14-8-7-9-14)16(18-15)11-12(2)3/h12-16,18H,5-11H2,1-4H3. The largest absolute Gasteiger partial charge is 0.323 e. The first-order valence-electron chi connectivity index (χ1n) is 8.62. The van der Waals surface area contributed by atoms with Crippen LogP contribution in [0.3, 0.4) is 0 Å². The van der Waals surface area contributed by atoms with Gasteiger partial charge in [-0.1, -0.05) is 40.0 Å². The number of carbonyl (C=O) groups is 1. The van der Waals surface area contributed by atoms with Gasteiger partial charge in [0.05, 0.1) is 12.2 Å². The average molecular weight is 280 g/mol. The molecule has 3 heteroatoms. The minimum Gasteiger partial charge on any atom is -0.323 e. The number of unbranched alkanes of at least 4 members (excludes halogenated alkanes) is 1. The molecule has 3 unspecified atom stereocenters. The molecule has 1 aliphatic heterocycles. The van der Waals surface area contributed by atoms with Gasteiger partial charge in [0.25, 0.3) is 0 Å². The van der Waals surface area contributed by atoms with Crippen LogP contribution in [0.15, 0.2) is 0 Å². The lowest BCUT2D eigenvalue weighted by Crippen LogP contribution is -2.48. The molecule has 1 saturated heterocycles. The van der Waals surface area contributed by atoms with E-state index in [0.717, 1.165) is 25.2 Å². The molecule has 1 N–H and O–H groups in total. The second kappa shape index (κ2) is 6.93. The van der Waals surface area contributed by atoms with Crippen LogP contribution >= 0.6 is 0 Å². The second-order valence-electron chi connectivity index (χ2n) is 7.18. The summed E-state index contributed by atoms with van der Waals surface area (Å²) in [6.45, 7) is 8.95. The molecular formula is C17H32N2O. The monoisotopic (exact) mass is 280 g/mol. The molecule has 0 spiro atoms. The fraction of sp³-hybridized carbons (Fsp3) is 0.941. The maximum Gasteiger partial charge on any atom is 0.241 e. The first-order valence-corrected chi connectivity index (χ1v) is 8.62. The van der Waals surface area contributed by atoms with E-state index in [1.54, 1.807) is 0 Å². The van der Waals surface area contributed by atoms with E-state index in [4.69, 9.17) is 0 Å². The van der Waals surface area contributed by atoms with Crippen LogP contribution in [0.5, 0.6) is 0 Å². The van der Waals surface area contributed by atoms with E-state index in [-0.39, 0.29) is 12.2 Å². The predicted molar refractivity (Wildman–Crippen MR) is 83.3 cm³/mol. The fourth-order valence-corrected chi connectivity index (χ4v) is 3.59. The van der Waals surface area contributed by atoms with E-state index < -0.39 is 0 Å². The van der Waals surface area contributed by atoms with Crippen molar-refractivity contribution < 1.29 is 4.79 Å². The maximum absolute atomic E-state index is 12.8. The van der Waals surface area contributed by atoms with E-state index in [0.29, 0.717) is 17.9 Å². The van der Waals surface area contributed by atoms with Gasteiger partial charge in [-0.3, -0.25) is 10.1 Å². The Morgan fingerprint density at radius 3 is 2.50 bits per heavy atom. The number of hydrogen-bond acceptors (Lipinski definition) is 2. The Labute approximate surface area is 124 Å². The lowest BCUT2D eigenvalue weighted by atomic mass is 9.79. The van der Waals surface area contributed by atoms with Gasteiger partial charge in [0, 0.05) is 6.04 Å². The summed E-state index contributed by atoms with van der Waals surface area (Å²) in [7, 11) is 0. The number of hydrogen-bond donors (Lipinski definition) is 1. The summed E-state index contributed by atoms with van der Waals surface area (Å²) in [5.74, 6) is 1.73. The van der Waals surface area contributed by atoms with Gasteiger partial charge in [-0.05, 0) is 44.4 Å². The molecular weight excluding hydrogens is 248 g/mol. The molecule has 116 valence electrons. The van der Waals surface area contributed by atoms with Crippen molar-refractivity contribution in [1.29, 1.82) is 0 Å². The van der Waals surface area contributed by atoms with Gasteiger partial charge in [-0.25, -0.2) is 0 Å². The third-order valence-electron chi connectivity index (χ3n) is 5.09. The van der Waals surface area contributed by atoms with Gasteiger partial charge in [-0.2, -0.15) is 0 Å². The smallest absolute Gasteiger partial charge is 0.241 e. The highest BCUT2D eigenvalue weighted by atomic mass is 16.2. The van der Waals surface area contributed by atoms with Crippen molar-refractivity contribution in [3.63, 3.8) is 0 Å². The van der Waals surface area contributed by atoms with Crippen LogP contribution in [0.1, 0.15) is 72.6 Å². The molecule has 3 nitrogen and oxygen atoms in total. The summed E-state index contributed by atoms with van der Waals surface area (Å²) in [6, 6.07) is 0.486. The van der Waals surface area contributed by atoms with Gasteiger partial charge in [-0.15, -0.1) is 0 Å². The third kappa shape index (κ3) is 3.36. The average Bonchev–Trinajstić information content (AvgIpc) is 2.59. The van der Waals surface area contributed by atoms with Crippen molar-refractivity contribution in [3.8, 4) is 0 Å². The van der Waals surface area contributed by atoms with Crippen LogP contribution in [-0.4, -0.2) is 29.1 Å². The maximum atomic E-state index is 12.8. The van der Waals surface area contributed by atoms with Crippen LogP contribution in [-0.2, 0) is 4.79 Å². The fourth-order valence-electron chi connectivity index (χ4n) is 3.59. The van der Waals surface area contributed by atoms with Crippen LogP contribution in [0.4, 0.5) is 0 Å². The van der Waals surface area contributed by atoms with E-state index >= 15 is 0 Å². The number of carbonyl (C=O) groups excluding carboxylic acids is 1. The van der Waals surface area contributed by atoms with Crippen molar-refractivity contribution in [1.82, 2.24) is 10.2 Å². The van der Waals surface area contributed by atoms with Crippen LogP contribution in [0.25, 0.3) is 0 Å². The molecule has 1 amide bonds. The zero-order valence-corrected chi connectivity index (χ0v) is 13.7. The number of nitrogens with one attached hydrogen (secondary N) is 1. The molecule has 0 aromatic carbocycles. The topological polar surface area (TPSA) is 32.3 Å². The third-order valence-corrected chi connectivity index (χ3v) is 5.09. The highest BCUT2D eigenvalue weighted by Crippen LogP contribution is 2.35. The SMILES string of the molecule is CCCCC1NC(CC(C)C)N(C(C)C2CCC2)C1=O. The first-order chi connectivity index (χ1) is 9.54. The Kier molecular flexibility index (Phi) is 5.48. The molecule has 0 radical (unpaired) electrons. The van der Waals surface area contributed by atoms with Crippen LogP contribution in [0, 0.1) is 11.8 Å². The molecule has 1 aliphatic carbocycles. The van der Waals surface area contributed by atoms with Crippen LogP contribution < -0.4 is 5.32 Å². The van der Waals surface area contributed by atoms with Crippen molar-refractivity contribution in [2.24, 2.45) is 11.8 Å². The molecule has 20 heavy (non-hydrogen) atoms. The Balaban J connectivity index is 2.04. The second-order valence-corrected chi connectivity index (χ2v) is 7.18. The normalized spacial score (nSPS) is 29.1. The summed E-state index contributed by atoms with van der Waals surface area (Å²) in [5.41, 5.74) is 0. The summed E-state index contributed by atoms with van der Waals surface area (Å²) < 4.78 is 0.